The molecule has 2 aromatic carbocycles. The number of fused-ring (bicyclic) bond motifs is 1. The number of hydrogen-bond donors (Lipinski definition) is 1. The average Bonchev–Trinajstić information content (AvgIpc) is 3.23. The highest BCUT2D eigenvalue weighted by molar-refractivity contribution is 7.73. The second-order valence-electron chi connectivity index (χ2n) is 6.26. The van der Waals surface area contributed by atoms with Gasteiger partial charge < -0.3 is 5.11 Å². The smallest absolute Gasteiger partial charge is 0.245 e. The molecule has 2 aromatic heterocycles. The molecule has 2 heterocycles. The summed E-state index contributed by atoms with van der Waals surface area (Å²) in [6.07, 6.45) is 1.55. The highest BCUT2D eigenvalue weighted by atomic mass is 32.1. The van der Waals surface area contributed by atoms with E-state index in [0.29, 0.717) is 14.0 Å². The Balaban J connectivity index is 1.75. The number of anilines is 1. The Morgan fingerprint density at radius 2 is 1.93 bits per heavy atom. The lowest BCUT2D eigenvalue weighted by molar-refractivity contribution is -0.117. The van der Waals surface area contributed by atoms with E-state index in [4.69, 9.17) is 12.2 Å². The molecule has 0 aliphatic rings. The molecule has 29 heavy (non-hydrogen) atoms. The van der Waals surface area contributed by atoms with E-state index >= 15 is 0 Å². The van der Waals surface area contributed by atoms with Crippen LogP contribution in [0.15, 0.2) is 53.5 Å². The molecule has 4 aromatic rings. The van der Waals surface area contributed by atoms with Crippen LogP contribution >= 0.6 is 34.9 Å². The van der Waals surface area contributed by atoms with Crippen molar-refractivity contribution in [2.45, 2.75) is 13.8 Å². The zero-order chi connectivity index (χ0) is 20.5. The fourth-order valence-electron chi connectivity index (χ4n) is 2.71. The normalized spacial score (nSPS) is 11.4. The monoisotopic (exact) mass is 440 g/mol. The first-order valence-electron chi connectivity index (χ1n) is 8.66. The number of rotatable bonds is 4. The van der Waals surface area contributed by atoms with Gasteiger partial charge in [0.25, 0.3) is 0 Å². The molecule has 1 amide bonds. The molecule has 0 saturated carbocycles. The van der Waals surface area contributed by atoms with Gasteiger partial charge in [-0.15, -0.1) is 0 Å². The predicted molar refractivity (Wildman–Crippen MR) is 121 cm³/mol. The van der Waals surface area contributed by atoms with Gasteiger partial charge in [-0.2, -0.15) is 9.69 Å². The van der Waals surface area contributed by atoms with Gasteiger partial charge in [0, 0.05) is 6.92 Å². The van der Waals surface area contributed by atoms with Gasteiger partial charge in [0.2, 0.25) is 16.9 Å². The molecule has 0 aliphatic carbocycles. The number of aliphatic imine (C=N–C) groups is 1. The molecule has 0 fully saturated rings. The van der Waals surface area contributed by atoms with Crippen molar-refractivity contribution in [3.63, 3.8) is 0 Å². The molecule has 6 nitrogen and oxygen atoms in total. The van der Waals surface area contributed by atoms with Crippen LogP contribution in [-0.2, 0) is 4.79 Å². The van der Waals surface area contributed by atoms with Crippen LogP contribution in [0.3, 0.4) is 0 Å². The van der Waals surface area contributed by atoms with Crippen molar-refractivity contribution < 1.29 is 9.90 Å². The number of aromatic hydroxyl groups is 1. The molecule has 0 saturated heterocycles. The zero-order valence-corrected chi connectivity index (χ0v) is 18.0. The average molecular weight is 441 g/mol. The van der Waals surface area contributed by atoms with E-state index < -0.39 is 0 Å². The minimum absolute atomic E-state index is 0.148. The molecule has 9 heteroatoms. The Labute approximate surface area is 180 Å². The Hall–Kier alpha value is -2.88. The number of aryl methyl sites for hydroxylation is 1. The maximum atomic E-state index is 12.4. The van der Waals surface area contributed by atoms with E-state index in [9.17, 15) is 9.90 Å². The molecule has 0 aliphatic heterocycles. The zero-order valence-electron chi connectivity index (χ0n) is 15.6. The maximum Gasteiger partial charge on any atom is 0.245 e. The van der Waals surface area contributed by atoms with Crippen LogP contribution in [0.5, 0.6) is 5.88 Å². The number of nitrogens with zero attached hydrogens (tertiary/aromatic N) is 4. The van der Waals surface area contributed by atoms with Crippen molar-refractivity contribution in [1.29, 1.82) is 0 Å². The highest BCUT2D eigenvalue weighted by Gasteiger charge is 2.24. The van der Waals surface area contributed by atoms with Gasteiger partial charge in [-0.1, -0.05) is 52.5 Å². The Bertz CT molecular complexity index is 1250. The summed E-state index contributed by atoms with van der Waals surface area (Å²) in [5.74, 6) is -0.458. The molecule has 0 spiro atoms. The third-order valence-corrected chi connectivity index (χ3v) is 6.41. The molecular weight excluding hydrogens is 424 g/mol. The first kappa shape index (κ1) is 19.4. The minimum atomic E-state index is -0.310. The Kier molecular flexibility index (Phi) is 5.27. The van der Waals surface area contributed by atoms with Crippen molar-refractivity contribution in [1.82, 2.24) is 9.66 Å². The van der Waals surface area contributed by atoms with Crippen LogP contribution in [0.1, 0.15) is 17.4 Å². The number of aromatic nitrogens is 2. The summed E-state index contributed by atoms with van der Waals surface area (Å²) < 4.78 is 2.56. The summed E-state index contributed by atoms with van der Waals surface area (Å²) in [5.41, 5.74) is 2.68. The number of benzene rings is 2. The summed E-state index contributed by atoms with van der Waals surface area (Å²) in [7, 11) is 0. The second-order valence-corrected chi connectivity index (χ2v) is 8.94. The predicted octanol–water partition coefficient (Wildman–Crippen LogP) is 5.47. The number of carbonyl (C=O) groups excluding carboxylic acids is 1. The largest absolute Gasteiger partial charge is 0.492 e. The third kappa shape index (κ3) is 3.84. The van der Waals surface area contributed by atoms with Gasteiger partial charge in [-0.25, -0.2) is 4.98 Å². The van der Waals surface area contributed by atoms with E-state index in [-0.39, 0.29) is 11.8 Å². The van der Waals surface area contributed by atoms with Crippen LogP contribution in [0, 0.1) is 10.9 Å². The molecule has 4 rings (SSSR count). The molecule has 1 N–H and O–H groups in total. The first-order chi connectivity index (χ1) is 13.9. The molecular formula is C20H16N4O2S3. The molecule has 0 bridgehead atoms. The van der Waals surface area contributed by atoms with E-state index in [1.54, 1.807) is 6.21 Å². The van der Waals surface area contributed by atoms with Gasteiger partial charge >= 0.3 is 0 Å². The van der Waals surface area contributed by atoms with Crippen LogP contribution in [0.4, 0.5) is 10.8 Å². The Morgan fingerprint density at radius 1 is 1.21 bits per heavy atom. The van der Waals surface area contributed by atoms with Gasteiger partial charge in [-0.05, 0) is 43.4 Å². The molecule has 0 unspecified atom stereocenters. The quantitative estimate of drug-likeness (QED) is 0.337. The minimum Gasteiger partial charge on any atom is -0.492 e. The van der Waals surface area contributed by atoms with E-state index in [2.05, 4.69) is 9.98 Å². The number of amides is 1. The lowest BCUT2D eigenvalue weighted by Crippen LogP contribution is -2.33. The van der Waals surface area contributed by atoms with Gasteiger partial charge in [-0.3, -0.25) is 9.79 Å². The van der Waals surface area contributed by atoms with Crippen LogP contribution in [-0.4, -0.2) is 26.9 Å². The van der Waals surface area contributed by atoms with E-state index in [1.807, 2.05) is 55.5 Å². The number of thiazole rings is 2. The van der Waals surface area contributed by atoms with Crippen molar-refractivity contribution in [2.75, 3.05) is 5.01 Å². The summed E-state index contributed by atoms with van der Waals surface area (Å²) in [6.45, 7) is 3.41. The Morgan fingerprint density at radius 3 is 2.62 bits per heavy atom. The molecule has 0 radical (unpaired) electrons. The standard InChI is InChI=1S/C20H16N4O2S3/c1-12-7-9-14(10-8-12)21-11-17-18(26)24(20(27)29-17)23(13(2)25)19-22-15-5-3-4-6-16(15)28-19/h3-11,26H,1-2H3. The lowest BCUT2D eigenvalue weighted by Gasteiger charge is -2.19. The maximum absolute atomic E-state index is 12.4. The van der Waals surface area contributed by atoms with Crippen molar-refractivity contribution in [3.05, 3.63) is 62.9 Å². The van der Waals surface area contributed by atoms with Crippen molar-refractivity contribution in [2.24, 2.45) is 4.99 Å². The summed E-state index contributed by atoms with van der Waals surface area (Å²) in [5, 5.41) is 12.5. The summed E-state index contributed by atoms with van der Waals surface area (Å²) in [6, 6.07) is 15.3. The van der Waals surface area contributed by atoms with Crippen LogP contribution in [0.25, 0.3) is 10.2 Å². The van der Waals surface area contributed by atoms with Crippen molar-refractivity contribution >= 4 is 68.0 Å². The van der Waals surface area contributed by atoms with E-state index in [1.165, 1.54) is 39.3 Å². The fraction of sp³-hybridized carbons (Fsp3) is 0.100. The number of carbonyl (C=O) groups is 1. The topological polar surface area (TPSA) is 70.7 Å². The van der Waals surface area contributed by atoms with Crippen LogP contribution < -0.4 is 5.01 Å². The van der Waals surface area contributed by atoms with Crippen molar-refractivity contribution in [3.8, 4) is 5.88 Å². The molecule has 146 valence electrons. The van der Waals surface area contributed by atoms with Gasteiger partial charge in [0.15, 0.2) is 3.95 Å². The fourth-order valence-corrected chi connectivity index (χ4v) is 4.88. The number of para-hydroxylation sites is 1. The SMILES string of the molecule is CC(=O)N(c1nc2ccccc2s1)n1c(O)c(C=Nc2ccc(C)cc2)sc1=S. The number of hydrogen-bond acceptors (Lipinski definition) is 7. The highest BCUT2D eigenvalue weighted by Crippen LogP contribution is 2.33. The first-order valence-corrected chi connectivity index (χ1v) is 10.7. The lowest BCUT2D eigenvalue weighted by atomic mass is 10.2. The second kappa shape index (κ2) is 7.86. The molecule has 0 atom stereocenters. The third-order valence-electron chi connectivity index (χ3n) is 4.12. The van der Waals surface area contributed by atoms with Crippen LogP contribution in [0.2, 0.25) is 0 Å². The summed E-state index contributed by atoms with van der Waals surface area (Å²) in [4.78, 5) is 21.8. The van der Waals surface area contributed by atoms with E-state index in [0.717, 1.165) is 21.5 Å². The van der Waals surface area contributed by atoms with Gasteiger partial charge in [0.1, 0.15) is 4.88 Å². The summed E-state index contributed by atoms with van der Waals surface area (Å²) >= 11 is 7.95. The van der Waals surface area contributed by atoms with Gasteiger partial charge in [0.05, 0.1) is 22.1 Å².